The number of benzene rings is 3. The number of nitrogens with zero attached hydrogens (tertiary/aromatic N) is 2. The van der Waals surface area contributed by atoms with Gasteiger partial charge in [0.05, 0.1) is 40.1 Å². The van der Waals surface area contributed by atoms with Crippen LogP contribution in [0.3, 0.4) is 0 Å². The average molecular weight is 530 g/mol. The van der Waals surface area contributed by atoms with Gasteiger partial charge in [-0.1, -0.05) is 12.1 Å². The summed E-state index contributed by atoms with van der Waals surface area (Å²) in [6, 6.07) is 15.3. The van der Waals surface area contributed by atoms with Crippen molar-refractivity contribution < 1.29 is 19.2 Å². The average Bonchev–Trinajstić information content (AvgIpc) is 3.37. The Hall–Kier alpha value is -4.77. The molecule has 38 heavy (non-hydrogen) atoms. The molecular formula is C27H23N5O5S. The molecule has 3 aromatic carbocycles. The van der Waals surface area contributed by atoms with Gasteiger partial charge in [0.25, 0.3) is 5.91 Å². The predicted octanol–water partition coefficient (Wildman–Crippen LogP) is 5.95. The Bertz CT molecular complexity index is 1580. The molecule has 5 rings (SSSR count). The minimum atomic E-state index is -0.890. The molecule has 0 unspecified atom stereocenters. The number of carbonyl (C=O) groups excluding carboxylic acids is 2. The first kappa shape index (κ1) is 24.9. The van der Waals surface area contributed by atoms with Crippen LogP contribution in [-0.4, -0.2) is 28.8 Å². The lowest BCUT2D eigenvalue weighted by Crippen LogP contribution is -2.34. The number of nitro groups is 1. The first-order valence-electron chi connectivity index (χ1n) is 11.6. The van der Waals surface area contributed by atoms with Gasteiger partial charge in [0.15, 0.2) is 10.9 Å². The maximum Gasteiger partial charge on any atom is 0.310 e. The van der Waals surface area contributed by atoms with Crippen molar-refractivity contribution in [2.45, 2.75) is 19.3 Å². The van der Waals surface area contributed by atoms with Crippen LogP contribution in [0.1, 0.15) is 29.8 Å². The van der Waals surface area contributed by atoms with Crippen molar-refractivity contribution in [3.05, 3.63) is 87.4 Å². The third-order valence-electron chi connectivity index (χ3n) is 6.45. The van der Waals surface area contributed by atoms with Gasteiger partial charge in [-0.15, -0.1) is 11.3 Å². The molecule has 0 saturated carbocycles. The highest BCUT2D eigenvalue weighted by Crippen LogP contribution is 2.39. The molecule has 1 aliphatic heterocycles. The van der Waals surface area contributed by atoms with Crippen molar-refractivity contribution >= 4 is 51.0 Å². The second-order valence-corrected chi connectivity index (χ2v) is 10.1. The third kappa shape index (κ3) is 4.55. The second-order valence-electron chi connectivity index (χ2n) is 9.16. The summed E-state index contributed by atoms with van der Waals surface area (Å²) in [5.41, 5.74) is 3.33. The maximum absolute atomic E-state index is 13.1. The smallest absolute Gasteiger partial charge is 0.310 e. The summed E-state index contributed by atoms with van der Waals surface area (Å²) in [7, 11) is 1.38. The molecule has 0 saturated heterocycles. The number of nitrogens with one attached hydrogen (secondary N) is 3. The normalized spacial score (nSPS) is 12.3. The van der Waals surface area contributed by atoms with Gasteiger partial charge in [-0.25, -0.2) is 4.98 Å². The molecular weight excluding hydrogens is 506 g/mol. The van der Waals surface area contributed by atoms with Crippen LogP contribution in [-0.2, 0) is 10.2 Å². The van der Waals surface area contributed by atoms with Gasteiger partial charge in [0, 0.05) is 17.6 Å². The molecule has 10 nitrogen and oxygen atoms in total. The van der Waals surface area contributed by atoms with E-state index in [9.17, 15) is 19.7 Å². The minimum Gasteiger partial charge on any atom is -0.490 e. The first-order chi connectivity index (χ1) is 18.2. The summed E-state index contributed by atoms with van der Waals surface area (Å²) in [5, 5.41) is 22.7. The molecule has 0 radical (unpaired) electrons. The van der Waals surface area contributed by atoms with Crippen LogP contribution >= 0.6 is 11.3 Å². The van der Waals surface area contributed by atoms with Crippen molar-refractivity contribution in [1.82, 2.24) is 4.98 Å². The van der Waals surface area contributed by atoms with Crippen molar-refractivity contribution in [2.24, 2.45) is 0 Å². The van der Waals surface area contributed by atoms with Gasteiger partial charge < -0.3 is 20.7 Å². The molecule has 3 N–H and O–H groups in total. The van der Waals surface area contributed by atoms with Gasteiger partial charge in [0.2, 0.25) is 5.91 Å². The molecule has 0 spiro atoms. The Kier molecular flexibility index (Phi) is 6.29. The SMILES string of the molecule is COc1cc(-c2ccc3c(c2)Nc2cc(C(C)(C)C(=O)Nc4nccs4)ccc2NC3=O)ccc1[N+](=O)[O-]. The fraction of sp³-hybridized carbons (Fsp3) is 0.148. The standard InChI is InChI=1S/C27H23N5O5S/c1-27(2,25(34)31-26-28-10-11-38-26)17-6-8-19-21(14-17)29-20-12-15(4-7-18(20)24(33)30-19)16-5-9-22(32(35)36)23(13-16)37-3/h4-14,29H,1-3H3,(H,30,33)(H,28,31,34). The highest BCUT2D eigenvalue weighted by molar-refractivity contribution is 7.13. The number of fused-ring (bicyclic) bond motifs is 2. The molecule has 0 bridgehead atoms. The van der Waals surface area contributed by atoms with Crippen molar-refractivity contribution in [1.29, 1.82) is 0 Å². The zero-order chi connectivity index (χ0) is 27.0. The number of hydrogen-bond donors (Lipinski definition) is 3. The molecule has 1 aliphatic rings. The van der Waals surface area contributed by atoms with Crippen molar-refractivity contribution in [2.75, 3.05) is 23.1 Å². The van der Waals surface area contributed by atoms with Crippen LogP contribution in [0.2, 0.25) is 0 Å². The topological polar surface area (TPSA) is 135 Å². The zero-order valence-electron chi connectivity index (χ0n) is 20.7. The van der Waals surface area contributed by atoms with E-state index in [1.165, 1.54) is 24.5 Å². The quantitative estimate of drug-likeness (QED) is 0.207. The monoisotopic (exact) mass is 529 g/mol. The van der Waals surface area contributed by atoms with Crippen LogP contribution in [0, 0.1) is 10.1 Å². The second kappa shape index (κ2) is 9.60. The fourth-order valence-electron chi connectivity index (χ4n) is 4.18. The van der Waals surface area contributed by atoms with E-state index >= 15 is 0 Å². The third-order valence-corrected chi connectivity index (χ3v) is 7.14. The van der Waals surface area contributed by atoms with Gasteiger partial charge in [-0.05, 0) is 66.9 Å². The molecule has 1 aromatic heterocycles. The summed E-state index contributed by atoms with van der Waals surface area (Å²) >= 11 is 1.34. The summed E-state index contributed by atoms with van der Waals surface area (Å²) in [6.07, 6.45) is 1.63. The van der Waals surface area contributed by atoms with Gasteiger partial charge in [-0.3, -0.25) is 19.7 Å². The summed E-state index contributed by atoms with van der Waals surface area (Å²) in [6.45, 7) is 3.64. The number of rotatable bonds is 6. The lowest BCUT2D eigenvalue weighted by atomic mass is 9.83. The number of hydrogen-bond acceptors (Lipinski definition) is 8. The van der Waals surface area contributed by atoms with Gasteiger partial charge in [-0.2, -0.15) is 0 Å². The van der Waals surface area contributed by atoms with E-state index in [4.69, 9.17) is 4.74 Å². The lowest BCUT2D eigenvalue weighted by molar-refractivity contribution is -0.385. The number of thiazole rings is 1. The largest absolute Gasteiger partial charge is 0.490 e. The Balaban J connectivity index is 1.49. The number of amides is 2. The van der Waals surface area contributed by atoms with E-state index in [0.717, 1.165) is 11.1 Å². The summed E-state index contributed by atoms with van der Waals surface area (Å²) in [5.74, 6) is -0.353. The Morgan fingerprint density at radius 3 is 2.50 bits per heavy atom. The molecule has 0 fully saturated rings. The zero-order valence-corrected chi connectivity index (χ0v) is 21.5. The van der Waals surface area contributed by atoms with Crippen LogP contribution in [0.15, 0.2) is 66.2 Å². The van der Waals surface area contributed by atoms with Crippen molar-refractivity contribution in [3.8, 4) is 16.9 Å². The predicted molar refractivity (Wildman–Crippen MR) is 147 cm³/mol. The van der Waals surface area contributed by atoms with Crippen LogP contribution in [0.5, 0.6) is 5.75 Å². The molecule has 192 valence electrons. The van der Waals surface area contributed by atoms with E-state index in [2.05, 4.69) is 20.9 Å². The van der Waals surface area contributed by atoms with E-state index in [1.807, 2.05) is 26.0 Å². The summed E-state index contributed by atoms with van der Waals surface area (Å²) < 4.78 is 5.20. The molecule has 2 heterocycles. The number of ether oxygens (including phenoxy) is 1. The lowest BCUT2D eigenvalue weighted by Gasteiger charge is -2.25. The molecule has 4 aromatic rings. The maximum atomic E-state index is 13.1. The Morgan fingerprint density at radius 1 is 1.03 bits per heavy atom. The Morgan fingerprint density at radius 2 is 1.79 bits per heavy atom. The highest BCUT2D eigenvalue weighted by atomic mass is 32.1. The van der Waals surface area contributed by atoms with Crippen LogP contribution in [0.4, 0.5) is 27.9 Å². The number of aromatic nitrogens is 1. The van der Waals surface area contributed by atoms with Crippen LogP contribution in [0.25, 0.3) is 11.1 Å². The van der Waals surface area contributed by atoms with Crippen molar-refractivity contribution in [3.63, 3.8) is 0 Å². The van der Waals surface area contributed by atoms with E-state index in [1.54, 1.807) is 48.0 Å². The van der Waals surface area contributed by atoms with E-state index in [-0.39, 0.29) is 23.3 Å². The number of nitro benzene ring substituents is 1. The van der Waals surface area contributed by atoms with Crippen LogP contribution < -0.4 is 20.7 Å². The number of carbonyl (C=O) groups is 2. The molecule has 0 atom stereocenters. The van der Waals surface area contributed by atoms with E-state index < -0.39 is 10.3 Å². The molecule has 11 heteroatoms. The number of anilines is 4. The summed E-state index contributed by atoms with van der Waals surface area (Å²) in [4.78, 5) is 40.9. The minimum absolute atomic E-state index is 0.133. The number of methoxy groups -OCH3 is 1. The highest BCUT2D eigenvalue weighted by Gasteiger charge is 2.32. The molecule has 0 aliphatic carbocycles. The van der Waals surface area contributed by atoms with Gasteiger partial charge >= 0.3 is 5.69 Å². The van der Waals surface area contributed by atoms with Gasteiger partial charge in [0.1, 0.15) is 0 Å². The van der Waals surface area contributed by atoms with E-state index in [0.29, 0.717) is 33.3 Å². The first-order valence-corrected chi connectivity index (χ1v) is 12.5. The Labute approximate surface area is 221 Å². The fourth-order valence-corrected chi connectivity index (χ4v) is 4.71. The molecule has 2 amide bonds.